The Labute approximate surface area is 105 Å². The van der Waals surface area contributed by atoms with Crippen molar-refractivity contribution in [1.82, 2.24) is 15.0 Å². The minimum absolute atomic E-state index is 0.0983. The first-order valence-electron chi connectivity index (χ1n) is 5.39. The van der Waals surface area contributed by atoms with Gasteiger partial charge in [0.05, 0.1) is 19.8 Å². The Balaban J connectivity index is 2.19. The fraction of sp³-hybridized carbons (Fsp3) is 0.700. The monoisotopic (exact) mass is 258 g/mol. The van der Waals surface area contributed by atoms with Gasteiger partial charge in [-0.25, -0.2) is 0 Å². The second-order valence-corrected chi connectivity index (χ2v) is 4.29. The van der Waals surface area contributed by atoms with E-state index in [1.54, 1.807) is 0 Å². The predicted octanol–water partition coefficient (Wildman–Crippen LogP) is 1.46. The SMILES string of the molecule is COc1nc(NC2(CCl)CCC2)nc(OC)n1. The third-order valence-electron chi connectivity index (χ3n) is 2.90. The molecule has 2 rings (SSSR count). The third kappa shape index (κ3) is 2.52. The van der Waals surface area contributed by atoms with E-state index in [0.29, 0.717) is 11.8 Å². The van der Waals surface area contributed by atoms with E-state index in [1.165, 1.54) is 20.6 Å². The molecule has 1 heterocycles. The van der Waals surface area contributed by atoms with Gasteiger partial charge in [-0.05, 0) is 19.3 Å². The molecule has 0 aromatic carbocycles. The van der Waals surface area contributed by atoms with Crippen molar-refractivity contribution in [2.45, 2.75) is 24.8 Å². The lowest BCUT2D eigenvalue weighted by atomic mass is 9.78. The van der Waals surface area contributed by atoms with Crippen LogP contribution in [0, 0.1) is 0 Å². The largest absolute Gasteiger partial charge is 0.467 e. The molecule has 1 fully saturated rings. The number of hydrogen-bond donors (Lipinski definition) is 1. The normalized spacial score (nSPS) is 17.1. The van der Waals surface area contributed by atoms with Crippen LogP contribution in [0.1, 0.15) is 19.3 Å². The van der Waals surface area contributed by atoms with Gasteiger partial charge in [-0.1, -0.05) is 0 Å². The summed E-state index contributed by atoms with van der Waals surface area (Å²) >= 11 is 5.96. The smallest absolute Gasteiger partial charge is 0.324 e. The Hall–Kier alpha value is -1.30. The van der Waals surface area contributed by atoms with Crippen molar-refractivity contribution in [3.05, 3.63) is 0 Å². The van der Waals surface area contributed by atoms with Crippen molar-refractivity contribution in [2.24, 2.45) is 0 Å². The molecule has 1 N–H and O–H groups in total. The van der Waals surface area contributed by atoms with Crippen LogP contribution in [0.25, 0.3) is 0 Å². The van der Waals surface area contributed by atoms with Gasteiger partial charge in [-0.2, -0.15) is 9.97 Å². The summed E-state index contributed by atoms with van der Waals surface area (Å²) in [7, 11) is 3.00. The van der Waals surface area contributed by atoms with Gasteiger partial charge in [0.15, 0.2) is 0 Å². The first kappa shape index (κ1) is 12.2. The lowest BCUT2D eigenvalue weighted by Gasteiger charge is -2.40. The van der Waals surface area contributed by atoms with Crippen molar-refractivity contribution in [1.29, 1.82) is 0 Å². The van der Waals surface area contributed by atoms with Crippen LogP contribution in [0.5, 0.6) is 12.0 Å². The van der Waals surface area contributed by atoms with Crippen molar-refractivity contribution >= 4 is 17.5 Å². The maximum absolute atomic E-state index is 5.96. The summed E-state index contributed by atoms with van der Waals surface area (Å²) < 4.78 is 9.96. The van der Waals surface area contributed by atoms with Crippen LogP contribution in [0.3, 0.4) is 0 Å². The Morgan fingerprint density at radius 1 is 1.18 bits per heavy atom. The summed E-state index contributed by atoms with van der Waals surface area (Å²) in [6.07, 6.45) is 3.21. The molecule has 0 saturated heterocycles. The molecule has 0 atom stereocenters. The van der Waals surface area contributed by atoms with E-state index >= 15 is 0 Å². The average Bonchev–Trinajstić information content (AvgIpc) is 2.33. The van der Waals surface area contributed by atoms with Gasteiger partial charge >= 0.3 is 12.0 Å². The molecular formula is C10H15ClN4O2. The van der Waals surface area contributed by atoms with Crippen LogP contribution in [0.4, 0.5) is 5.95 Å². The topological polar surface area (TPSA) is 69.2 Å². The van der Waals surface area contributed by atoms with E-state index in [4.69, 9.17) is 21.1 Å². The number of nitrogens with one attached hydrogen (secondary N) is 1. The minimum atomic E-state index is -0.0983. The van der Waals surface area contributed by atoms with Crippen molar-refractivity contribution in [2.75, 3.05) is 25.4 Å². The molecule has 1 aromatic heterocycles. The second kappa shape index (κ2) is 4.91. The standard InChI is InChI=1S/C10H15ClN4O2/c1-16-8-12-7(13-9(14-8)17-2)15-10(6-11)4-3-5-10/h3-6H2,1-2H3,(H,12,13,14,15). The van der Waals surface area contributed by atoms with Crippen LogP contribution < -0.4 is 14.8 Å². The number of nitrogens with zero attached hydrogens (tertiary/aromatic N) is 3. The maximum Gasteiger partial charge on any atom is 0.324 e. The molecule has 1 saturated carbocycles. The number of halogens is 1. The summed E-state index contributed by atoms with van der Waals surface area (Å²) in [5.41, 5.74) is -0.0983. The molecule has 6 nitrogen and oxygen atoms in total. The van der Waals surface area contributed by atoms with E-state index in [1.807, 2.05) is 0 Å². The quantitative estimate of drug-likeness (QED) is 0.807. The minimum Gasteiger partial charge on any atom is -0.467 e. The fourth-order valence-electron chi connectivity index (χ4n) is 1.71. The zero-order chi connectivity index (χ0) is 12.3. The van der Waals surface area contributed by atoms with Crippen LogP contribution in [-0.4, -0.2) is 40.6 Å². The number of ether oxygens (including phenoxy) is 2. The first-order chi connectivity index (χ1) is 8.21. The van der Waals surface area contributed by atoms with Gasteiger partial charge in [0, 0.05) is 5.88 Å². The number of methoxy groups -OCH3 is 2. The van der Waals surface area contributed by atoms with Gasteiger partial charge in [0.2, 0.25) is 5.95 Å². The van der Waals surface area contributed by atoms with Gasteiger partial charge in [-0.3, -0.25) is 0 Å². The molecule has 0 radical (unpaired) electrons. The highest BCUT2D eigenvalue weighted by molar-refractivity contribution is 6.18. The van der Waals surface area contributed by atoms with E-state index in [9.17, 15) is 0 Å². The molecule has 0 bridgehead atoms. The third-order valence-corrected chi connectivity index (χ3v) is 3.41. The molecular weight excluding hydrogens is 244 g/mol. The molecule has 0 aliphatic heterocycles. The van der Waals surface area contributed by atoms with E-state index in [0.717, 1.165) is 12.8 Å². The van der Waals surface area contributed by atoms with Gasteiger partial charge in [-0.15, -0.1) is 16.6 Å². The molecule has 0 unspecified atom stereocenters. The number of hydrogen-bond acceptors (Lipinski definition) is 6. The summed E-state index contributed by atoms with van der Waals surface area (Å²) in [5.74, 6) is 0.970. The molecule has 1 aliphatic rings. The van der Waals surface area contributed by atoms with E-state index < -0.39 is 0 Å². The van der Waals surface area contributed by atoms with Crippen LogP contribution in [-0.2, 0) is 0 Å². The summed E-state index contributed by atoms with van der Waals surface area (Å²) in [5, 5.41) is 3.24. The van der Waals surface area contributed by atoms with Gasteiger partial charge in [0.25, 0.3) is 0 Å². The number of anilines is 1. The Kier molecular flexibility index (Phi) is 3.51. The molecule has 17 heavy (non-hydrogen) atoms. The average molecular weight is 259 g/mol. The summed E-state index contributed by atoms with van der Waals surface area (Å²) in [4.78, 5) is 12.2. The van der Waals surface area contributed by atoms with Crippen LogP contribution in [0.2, 0.25) is 0 Å². The van der Waals surface area contributed by atoms with Gasteiger partial charge < -0.3 is 14.8 Å². The summed E-state index contributed by atoms with van der Waals surface area (Å²) in [6, 6.07) is 0.451. The van der Waals surface area contributed by atoms with Crippen molar-refractivity contribution in [3.63, 3.8) is 0 Å². The van der Waals surface area contributed by atoms with E-state index in [-0.39, 0.29) is 17.6 Å². The number of alkyl halides is 1. The predicted molar refractivity (Wildman–Crippen MR) is 63.9 cm³/mol. The maximum atomic E-state index is 5.96. The molecule has 1 aliphatic carbocycles. The molecule has 7 heteroatoms. The lowest BCUT2D eigenvalue weighted by Crippen LogP contribution is -2.47. The lowest BCUT2D eigenvalue weighted by molar-refractivity contribution is 0.304. The van der Waals surface area contributed by atoms with Crippen LogP contribution in [0.15, 0.2) is 0 Å². The molecule has 0 spiro atoms. The first-order valence-corrected chi connectivity index (χ1v) is 5.93. The molecule has 0 amide bonds. The highest BCUT2D eigenvalue weighted by atomic mass is 35.5. The highest BCUT2D eigenvalue weighted by Gasteiger charge is 2.37. The summed E-state index contributed by atoms with van der Waals surface area (Å²) in [6.45, 7) is 0. The number of aromatic nitrogens is 3. The molecule has 94 valence electrons. The zero-order valence-corrected chi connectivity index (χ0v) is 10.6. The Bertz CT molecular complexity index is 370. The fourth-order valence-corrected chi connectivity index (χ4v) is 2.04. The van der Waals surface area contributed by atoms with Gasteiger partial charge in [0.1, 0.15) is 0 Å². The van der Waals surface area contributed by atoms with E-state index in [2.05, 4.69) is 20.3 Å². The second-order valence-electron chi connectivity index (χ2n) is 4.02. The van der Waals surface area contributed by atoms with Crippen molar-refractivity contribution < 1.29 is 9.47 Å². The Morgan fingerprint density at radius 2 is 1.76 bits per heavy atom. The number of rotatable bonds is 5. The highest BCUT2D eigenvalue weighted by Crippen LogP contribution is 2.35. The van der Waals surface area contributed by atoms with Crippen molar-refractivity contribution in [3.8, 4) is 12.0 Å². The van der Waals surface area contributed by atoms with Crippen LogP contribution >= 0.6 is 11.6 Å². The zero-order valence-electron chi connectivity index (χ0n) is 9.86. The Morgan fingerprint density at radius 3 is 2.12 bits per heavy atom. The molecule has 1 aromatic rings.